The number of terminal acetylenes is 1. The number of aliphatic carboxylic acids is 1. The average Bonchev–Trinajstić information content (AvgIpc) is 2.31. The van der Waals surface area contributed by atoms with E-state index < -0.39 is 5.97 Å². The van der Waals surface area contributed by atoms with Crippen LogP contribution in [0.2, 0.25) is 0 Å². The molecule has 0 aliphatic rings. The molecule has 1 N–H and O–H groups in total. The molecule has 0 radical (unpaired) electrons. The largest absolute Gasteiger partial charge is 0.480 e. The highest BCUT2D eigenvalue weighted by Gasteiger charge is 2.03. The van der Waals surface area contributed by atoms with Crippen LogP contribution in [0.1, 0.15) is 5.56 Å². The summed E-state index contributed by atoms with van der Waals surface area (Å²) < 4.78 is 12.8. The summed E-state index contributed by atoms with van der Waals surface area (Å²) in [6.45, 7) is 0.362. The summed E-state index contributed by atoms with van der Waals surface area (Å²) in [7, 11) is 1.68. The molecule has 3 nitrogen and oxygen atoms in total. The Bertz CT molecular complexity index is 486. The van der Waals surface area contributed by atoms with Crippen molar-refractivity contribution < 1.29 is 14.3 Å². The summed E-state index contributed by atoms with van der Waals surface area (Å²) in [5, 5.41) is 8.61. The van der Waals surface area contributed by atoms with Gasteiger partial charge >= 0.3 is 5.97 Å². The zero-order chi connectivity index (χ0) is 13.5. The van der Waals surface area contributed by atoms with E-state index in [0.717, 1.165) is 5.56 Å². The number of hydrogen-bond acceptors (Lipinski definition) is 2. The molecular formula is C14H14FNO2. The lowest BCUT2D eigenvalue weighted by atomic mass is 10.1. The Hall–Kier alpha value is -2.12. The molecule has 0 saturated carbocycles. The highest BCUT2D eigenvalue weighted by Crippen LogP contribution is 2.13. The number of nitrogens with zero attached hydrogens (tertiary/aromatic N) is 1. The van der Waals surface area contributed by atoms with E-state index in [1.165, 1.54) is 12.1 Å². The Morgan fingerprint density at radius 1 is 1.50 bits per heavy atom. The molecule has 1 rings (SSSR count). The minimum atomic E-state index is -0.894. The smallest absolute Gasteiger partial charge is 0.317 e. The van der Waals surface area contributed by atoms with Crippen LogP contribution in [0.4, 0.5) is 4.39 Å². The molecule has 0 saturated heterocycles. The minimum absolute atomic E-state index is 0.0578. The van der Waals surface area contributed by atoms with Gasteiger partial charge in [0.1, 0.15) is 5.82 Å². The summed E-state index contributed by atoms with van der Waals surface area (Å²) in [5.74, 6) is 1.30. The Labute approximate surface area is 106 Å². The number of allylic oxidation sites excluding steroid dienone is 1. The van der Waals surface area contributed by atoms with Crippen molar-refractivity contribution in [1.82, 2.24) is 4.90 Å². The third kappa shape index (κ3) is 4.40. The first kappa shape index (κ1) is 13.9. The average molecular weight is 247 g/mol. The number of hydrogen-bond donors (Lipinski definition) is 1. The van der Waals surface area contributed by atoms with Crippen molar-refractivity contribution >= 4 is 11.5 Å². The van der Waals surface area contributed by atoms with Gasteiger partial charge in [0, 0.05) is 12.1 Å². The predicted octanol–water partition coefficient (Wildman–Crippen LogP) is 1.86. The van der Waals surface area contributed by atoms with E-state index in [4.69, 9.17) is 11.5 Å². The lowest BCUT2D eigenvalue weighted by Crippen LogP contribution is -2.25. The third-order valence-corrected chi connectivity index (χ3v) is 2.32. The summed E-state index contributed by atoms with van der Waals surface area (Å²) in [5.41, 5.74) is 1.36. The molecule has 0 amide bonds. The lowest BCUT2D eigenvalue weighted by molar-refractivity contribution is -0.137. The quantitative estimate of drug-likeness (QED) is 0.807. The fourth-order valence-corrected chi connectivity index (χ4v) is 1.43. The van der Waals surface area contributed by atoms with Crippen molar-refractivity contribution in [2.45, 2.75) is 0 Å². The lowest BCUT2D eigenvalue weighted by Gasteiger charge is -2.11. The molecule has 0 heterocycles. The van der Waals surface area contributed by atoms with Crippen LogP contribution in [0.5, 0.6) is 0 Å². The van der Waals surface area contributed by atoms with E-state index in [1.54, 1.807) is 30.2 Å². The standard InChI is InChI=1S/C14H14FNO2/c1-3-11(8-9-16(2)10-14(17)18)12-4-6-13(15)7-5-12/h1,4-8H,9-10H2,2H3,(H,17,18)/b11-8-. The summed E-state index contributed by atoms with van der Waals surface area (Å²) >= 11 is 0. The van der Waals surface area contributed by atoms with E-state index in [9.17, 15) is 9.18 Å². The van der Waals surface area contributed by atoms with Crippen LogP contribution in [0.15, 0.2) is 30.3 Å². The molecule has 0 atom stereocenters. The van der Waals surface area contributed by atoms with Crippen molar-refractivity contribution in [2.75, 3.05) is 20.1 Å². The molecule has 1 aromatic rings. The first-order valence-corrected chi connectivity index (χ1v) is 5.36. The van der Waals surface area contributed by atoms with Crippen LogP contribution in [0.3, 0.4) is 0 Å². The van der Waals surface area contributed by atoms with Gasteiger partial charge in [-0.1, -0.05) is 24.1 Å². The summed E-state index contributed by atoms with van der Waals surface area (Å²) in [6.07, 6.45) is 7.13. The number of carbonyl (C=O) groups is 1. The van der Waals surface area contributed by atoms with Crippen LogP contribution in [0.25, 0.3) is 5.57 Å². The number of halogens is 1. The normalized spacial score (nSPS) is 11.3. The zero-order valence-corrected chi connectivity index (χ0v) is 10.1. The van der Waals surface area contributed by atoms with Crippen LogP contribution in [0, 0.1) is 18.2 Å². The van der Waals surface area contributed by atoms with Gasteiger partial charge in [-0.2, -0.15) is 0 Å². The molecule has 0 aliphatic carbocycles. The van der Waals surface area contributed by atoms with Crippen molar-refractivity contribution in [3.63, 3.8) is 0 Å². The predicted molar refractivity (Wildman–Crippen MR) is 68.3 cm³/mol. The Kier molecular flexibility index (Phi) is 5.09. The maximum atomic E-state index is 12.8. The van der Waals surface area contributed by atoms with E-state index >= 15 is 0 Å². The van der Waals surface area contributed by atoms with Gasteiger partial charge in [-0.25, -0.2) is 4.39 Å². The fraction of sp³-hybridized carbons (Fsp3) is 0.214. The van der Waals surface area contributed by atoms with Crippen molar-refractivity contribution in [1.29, 1.82) is 0 Å². The molecule has 18 heavy (non-hydrogen) atoms. The molecule has 0 fully saturated rings. The van der Waals surface area contributed by atoms with E-state index in [2.05, 4.69) is 5.92 Å². The first-order chi connectivity index (χ1) is 8.52. The van der Waals surface area contributed by atoms with Gasteiger partial charge in [0.25, 0.3) is 0 Å². The summed E-state index contributed by atoms with van der Waals surface area (Å²) in [4.78, 5) is 12.1. The highest BCUT2D eigenvalue weighted by molar-refractivity contribution is 5.78. The zero-order valence-electron chi connectivity index (χ0n) is 10.1. The summed E-state index contributed by atoms with van der Waals surface area (Å²) in [6, 6.07) is 5.86. The van der Waals surface area contributed by atoms with Gasteiger partial charge in [0.05, 0.1) is 6.54 Å². The van der Waals surface area contributed by atoms with E-state index in [0.29, 0.717) is 12.1 Å². The Morgan fingerprint density at radius 2 is 2.11 bits per heavy atom. The molecule has 0 spiro atoms. The first-order valence-electron chi connectivity index (χ1n) is 5.36. The Balaban J connectivity index is 2.75. The maximum Gasteiger partial charge on any atom is 0.317 e. The molecule has 94 valence electrons. The maximum absolute atomic E-state index is 12.8. The molecule has 0 unspecified atom stereocenters. The van der Waals surface area contributed by atoms with Gasteiger partial charge < -0.3 is 5.11 Å². The number of rotatable bonds is 5. The second-order valence-electron chi connectivity index (χ2n) is 3.86. The second kappa shape index (κ2) is 6.58. The fourth-order valence-electron chi connectivity index (χ4n) is 1.43. The number of likely N-dealkylation sites (N-methyl/N-ethyl adjacent to an activating group) is 1. The molecule has 0 bridgehead atoms. The molecule has 1 aromatic carbocycles. The minimum Gasteiger partial charge on any atom is -0.480 e. The van der Waals surface area contributed by atoms with Crippen LogP contribution >= 0.6 is 0 Å². The van der Waals surface area contributed by atoms with Crippen molar-refractivity contribution in [3.05, 3.63) is 41.7 Å². The molecular weight excluding hydrogens is 233 g/mol. The van der Waals surface area contributed by atoms with Gasteiger partial charge in [-0.05, 0) is 24.7 Å². The number of carboxylic acids is 1. The molecule has 4 heteroatoms. The van der Waals surface area contributed by atoms with Crippen LogP contribution in [-0.2, 0) is 4.79 Å². The van der Waals surface area contributed by atoms with Gasteiger partial charge in [0.15, 0.2) is 0 Å². The Morgan fingerprint density at radius 3 is 2.61 bits per heavy atom. The second-order valence-corrected chi connectivity index (χ2v) is 3.86. The molecule has 0 aliphatic heterocycles. The van der Waals surface area contributed by atoms with Gasteiger partial charge in [0.2, 0.25) is 0 Å². The highest BCUT2D eigenvalue weighted by atomic mass is 19.1. The SMILES string of the molecule is C#C/C(=C/CN(C)CC(=O)O)c1ccc(F)cc1. The monoisotopic (exact) mass is 247 g/mol. The number of carboxylic acid groups (broad SMARTS) is 1. The van der Waals surface area contributed by atoms with Crippen molar-refractivity contribution in [2.24, 2.45) is 0 Å². The number of benzene rings is 1. The van der Waals surface area contributed by atoms with Gasteiger partial charge in [-0.15, -0.1) is 6.42 Å². The van der Waals surface area contributed by atoms with Crippen LogP contribution in [-0.4, -0.2) is 36.1 Å². The molecule has 0 aromatic heterocycles. The van der Waals surface area contributed by atoms with E-state index in [-0.39, 0.29) is 12.4 Å². The topological polar surface area (TPSA) is 40.5 Å². The van der Waals surface area contributed by atoms with Gasteiger partial charge in [-0.3, -0.25) is 9.69 Å². The van der Waals surface area contributed by atoms with Crippen LogP contribution < -0.4 is 0 Å². The van der Waals surface area contributed by atoms with E-state index in [1.807, 2.05) is 0 Å². The third-order valence-electron chi connectivity index (χ3n) is 2.32. The van der Waals surface area contributed by atoms with Crippen molar-refractivity contribution in [3.8, 4) is 12.3 Å².